The summed E-state index contributed by atoms with van der Waals surface area (Å²) in [4.78, 5) is 25.9. The van der Waals surface area contributed by atoms with E-state index in [0.717, 1.165) is 12.3 Å². The van der Waals surface area contributed by atoms with Gasteiger partial charge in [0.05, 0.1) is 0 Å². The predicted molar refractivity (Wildman–Crippen MR) is 87.4 cm³/mol. The number of hydrogen-bond acceptors (Lipinski definition) is 4. The third kappa shape index (κ3) is 3.42. The lowest BCUT2D eigenvalue weighted by Crippen LogP contribution is -2.36. The fourth-order valence-electron chi connectivity index (χ4n) is 1.95. The average Bonchev–Trinajstić information content (AvgIpc) is 2.53. The van der Waals surface area contributed by atoms with Crippen LogP contribution in [-0.4, -0.2) is 57.2 Å². The molecule has 0 saturated heterocycles. The topological polar surface area (TPSA) is 99.5 Å². The Kier molecular flexibility index (Phi) is 4.97. The predicted octanol–water partition coefficient (Wildman–Crippen LogP) is -2.21. The third-order valence-corrected chi connectivity index (χ3v) is 3.17. The zero-order valence-corrected chi connectivity index (χ0v) is 12.2. The Bertz CT molecular complexity index is 845. The number of amides is 1. The van der Waals surface area contributed by atoms with Gasteiger partial charge in [-0.25, -0.2) is 9.37 Å². The van der Waals surface area contributed by atoms with E-state index in [1.165, 1.54) is 6.07 Å². The van der Waals surface area contributed by atoms with E-state index in [2.05, 4.69) is 10.3 Å². The summed E-state index contributed by atoms with van der Waals surface area (Å²) in [5, 5.41) is 20.5. The number of halogens is 1. The molecular weight excluding hydrogens is 312 g/mol. The van der Waals surface area contributed by atoms with Gasteiger partial charge in [0.15, 0.2) is 5.69 Å². The number of carboxylic acids is 1. The van der Waals surface area contributed by atoms with E-state index in [-0.39, 0.29) is 33.2 Å². The maximum Gasteiger partial charge on any atom is 0.322 e. The number of pyridine rings is 1. The van der Waals surface area contributed by atoms with Crippen LogP contribution in [0.15, 0.2) is 18.3 Å². The minimum atomic E-state index is -1.25. The summed E-state index contributed by atoms with van der Waals surface area (Å²) >= 11 is 0. The Morgan fingerprint density at radius 3 is 2.46 bits per heavy atom. The van der Waals surface area contributed by atoms with Crippen molar-refractivity contribution in [3.05, 3.63) is 29.8 Å². The van der Waals surface area contributed by atoms with Gasteiger partial charge < -0.3 is 15.5 Å². The number of nitrogens with zero attached hydrogens (tertiary/aromatic N) is 1. The first-order valence-electron chi connectivity index (χ1n) is 6.54. The molecule has 6 nitrogen and oxygen atoms in total. The minimum absolute atomic E-state index is 0.0422. The van der Waals surface area contributed by atoms with Gasteiger partial charge in [0.25, 0.3) is 5.91 Å². The fourth-order valence-corrected chi connectivity index (χ4v) is 1.95. The summed E-state index contributed by atoms with van der Waals surface area (Å²) in [5.74, 6) is -3.56. The zero-order valence-electron chi connectivity index (χ0n) is 12.2. The molecule has 24 heavy (non-hydrogen) atoms. The van der Waals surface area contributed by atoms with Gasteiger partial charge in [-0.2, -0.15) is 0 Å². The summed E-state index contributed by atoms with van der Waals surface area (Å²) in [6.07, 6.45) is 1.16. The van der Waals surface area contributed by atoms with E-state index in [1.54, 1.807) is 0 Å². The SMILES string of the molecule is [B]c1cc(-c2cnc(C(=O)NCC(=O)O)c(O)c2)c([B])c(F)c1[B]. The Balaban J connectivity index is 2.40. The highest BCUT2D eigenvalue weighted by molar-refractivity contribution is 6.51. The summed E-state index contributed by atoms with van der Waals surface area (Å²) in [5.41, 5.74) is -0.670. The maximum absolute atomic E-state index is 13.9. The highest BCUT2D eigenvalue weighted by Gasteiger charge is 2.17. The molecule has 0 spiro atoms. The molecule has 1 aromatic heterocycles. The van der Waals surface area contributed by atoms with Gasteiger partial charge >= 0.3 is 5.97 Å². The molecule has 2 rings (SSSR count). The van der Waals surface area contributed by atoms with Crippen molar-refractivity contribution in [3.63, 3.8) is 0 Å². The largest absolute Gasteiger partial charge is 0.505 e. The first-order chi connectivity index (χ1) is 11.2. The summed E-state index contributed by atoms with van der Waals surface area (Å²) in [6, 6.07) is 2.44. The second-order valence-electron chi connectivity index (χ2n) is 4.82. The summed E-state index contributed by atoms with van der Waals surface area (Å²) in [6.45, 7) is -0.631. The average molecular weight is 320 g/mol. The molecule has 6 radical (unpaired) electrons. The smallest absolute Gasteiger partial charge is 0.322 e. The van der Waals surface area contributed by atoms with Crippen molar-refractivity contribution in [1.82, 2.24) is 10.3 Å². The van der Waals surface area contributed by atoms with Crippen LogP contribution < -0.4 is 21.7 Å². The molecule has 0 fully saturated rings. The van der Waals surface area contributed by atoms with E-state index in [0.29, 0.717) is 0 Å². The van der Waals surface area contributed by atoms with Crippen molar-refractivity contribution in [1.29, 1.82) is 0 Å². The molecule has 3 N–H and O–H groups in total. The van der Waals surface area contributed by atoms with Crippen LogP contribution in [0.3, 0.4) is 0 Å². The Hall–Kier alpha value is -2.77. The molecule has 0 atom stereocenters. The standard InChI is InChI=1S/C14H8B3FN2O4/c15-7-2-6(10(16)12(18)11(7)17)5-1-8(21)13(19-3-5)14(24)20-4-9(22)23/h1-3,21H,4H2,(H,20,24)(H,22,23). The van der Waals surface area contributed by atoms with Crippen LogP contribution >= 0.6 is 0 Å². The molecule has 2 aromatic rings. The number of nitrogens with one attached hydrogen (secondary N) is 1. The van der Waals surface area contributed by atoms with Crippen molar-refractivity contribution in [2.75, 3.05) is 6.54 Å². The molecule has 114 valence electrons. The van der Waals surface area contributed by atoms with Gasteiger partial charge in [0, 0.05) is 11.8 Å². The van der Waals surface area contributed by atoms with Crippen LogP contribution in [-0.2, 0) is 4.79 Å². The van der Waals surface area contributed by atoms with E-state index in [9.17, 15) is 19.1 Å². The highest BCUT2D eigenvalue weighted by Crippen LogP contribution is 2.23. The molecular formula is C14H8B3FN2O4. The molecule has 1 aromatic carbocycles. The van der Waals surface area contributed by atoms with Crippen molar-refractivity contribution < 1.29 is 24.2 Å². The Labute approximate surface area is 140 Å². The number of rotatable bonds is 4. The summed E-state index contributed by atoms with van der Waals surface area (Å²) in [7, 11) is 16.7. The van der Waals surface area contributed by atoms with E-state index >= 15 is 0 Å². The normalized spacial score (nSPS) is 10.4. The van der Waals surface area contributed by atoms with Gasteiger partial charge in [-0.15, -0.1) is 5.46 Å². The molecule has 0 unspecified atom stereocenters. The van der Waals surface area contributed by atoms with Crippen LogP contribution in [0, 0.1) is 5.82 Å². The lowest BCUT2D eigenvalue weighted by atomic mass is 9.73. The monoisotopic (exact) mass is 320 g/mol. The van der Waals surface area contributed by atoms with Gasteiger partial charge in [0.1, 0.15) is 41.7 Å². The number of carbonyl (C=O) groups is 2. The third-order valence-electron chi connectivity index (χ3n) is 3.17. The van der Waals surface area contributed by atoms with Crippen molar-refractivity contribution >= 4 is 51.8 Å². The number of aromatic nitrogens is 1. The first kappa shape index (κ1) is 17.6. The van der Waals surface area contributed by atoms with Crippen LogP contribution in [0.2, 0.25) is 0 Å². The molecule has 1 heterocycles. The van der Waals surface area contributed by atoms with Crippen LogP contribution in [0.1, 0.15) is 10.5 Å². The molecule has 0 aliphatic rings. The first-order valence-corrected chi connectivity index (χ1v) is 6.54. The Morgan fingerprint density at radius 1 is 1.21 bits per heavy atom. The molecule has 1 amide bonds. The van der Waals surface area contributed by atoms with E-state index < -0.39 is 30.0 Å². The fraction of sp³-hybridized carbons (Fsp3) is 0.0714. The number of aromatic hydroxyl groups is 1. The van der Waals surface area contributed by atoms with Crippen LogP contribution in [0.4, 0.5) is 4.39 Å². The number of benzene rings is 1. The number of aliphatic carboxylic acids is 1. The number of carbonyl (C=O) groups excluding carboxylic acids is 1. The zero-order chi connectivity index (χ0) is 18.0. The summed E-state index contributed by atoms with van der Waals surface area (Å²) < 4.78 is 13.9. The van der Waals surface area contributed by atoms with E-state index in [4.69, 9.17) is 28.6 Å². The van der Waals surface area contributed by atoms with Crippen molar-refractivity contribution in [2.45, 2.75) is 0 Å². The van der Waals surface area contributed by atoms with Crippen LogP contribution in [0.25, 0.3) is 11.1 Å². The van der Waals surface area contributed by atoms with Crippen molar-refractivity contribution in [3.8, 4) is 16.9 Å². The van der Waals surface area contributed by atoms with E-state index in [1.807, 2.05) is 0 Å². The number of carboxylic acid groups (broad SMARTS) is 1. The van der Waals surface area contributed by atoms with Gasteiger partial charge in [-0.1, -0.05) is 17.0 Å². The molecule has 0 bridgehead atoms. The molecule has 0 saturated carbocycles. The highest BCUT2D eigenvalue weighted by atomic mass is 19.1. The second kappa shape index (κ2) is 6.78. The van der Waals surface area contributed by atoms with Gasteiger partial charge in [-0.05, 0) is 11.6 Å². The maximum atomic E-state index is 13.9. The lowest BCUT2D eigenvalue weighted by Gasteiger charge is -2.14. The van der Waals surface area contributed by atoms with Crippen molar-refractivity contribution in [2.24, 2.45) is 0 Å². The van der Waals surface area contributed by atoms with Crippen LogP contribution in [0.5, 0.6) is 5.75 Å². The minimum Gasteiger partial charge on any atom is -0.505 e. The Morgan fingerprint density at radius 2 is 1.88 bits per heavy atom. The lowest BCUT2D eigenvalue weighted by molar-refractivity contribution is -0.135. The van der Waals surface area contributed by atoms with Gasteiger partial charge in [-0.3, -0.25) is 9.59 Å². The second-order valence-corrected chi connectivity index (χ2v) is 4.82. The van der Waals surface area contributed by atoms with Gasteiger partial charge in [0.2, 0.25) is 0 Å². The molecule has 0 aliphatic heterocycles. The quantitative estimate of drug-likeness (QED) is 0.555. The molecule has 10 heteroatoms. The molecule has 0 aliphatic carbocycles. The number of hydrogen-bond donors (Lipinski definition) is 3.